The van der Waals surface area contributed by atoms with Gasteiger partial charge in [-0.3, -0.25) is 0 Å². The van der Waals surface area contributed by atoms with E-state index in [1.54, 1.807) is 0 Å². The van der Waals surface area contributed by atoms with E-state index in [0.29, 0.717) is 19.0 Å². The summed E-state index contributed by atoms with van der Waals surface area (Å²) in [6.07, 6.45) is 1.82. The molecule has 2 atom stereocenters. The Bertz CT molecular complexity index is 205. The Morgan fingerprint density at radius 2 is 2.08 bits per heavy atom. The van der Waals surface area contributed by atoms with Crippen LogP contribution < -0.4 is 0 Å². The largest absolute Gasteiger partial charge is 0.303 e. The van der Waals surface area contributed by atoms with Crippen molar-refractivity contribution in [3.63, 3.8) is 0 Å². The van der Waals surface area contributed by atoms with Crippen LogP contribution in [0.15, 0.2) is 0 Å². The third-order valence-electron chi connectivity index (χ3n) is 3.48. The van der Waals surface area contributed by atoms with Gasteiger partial charge in [-0.1, -0.05) is 6.92 Å². The second-order valence-electron chi connectivity index (χ2n) is 4.34. The Labute approximate surface area is 71.7 Å². The Balaban J connectivity index is 2.08. The van der Waals surface area contributed by atoms with Crippen LogP contribution in [-0.2, 0) is 0 Å². The molecule has 1 saturated heterocycles. The molecule has 2 fully saturated rings. The maximum atomic E-state index is 12.9. The fourth-order valence-electron chi connectivity index (χ4n) is 2.51. The zero-order valence-corrected chi connectivity index (χ0v) is 7.61. The van der Waals surface area contributed by atoms with Crippen LogP contribution in [-0.4, -0.2) is 30.5 Å². The van der Waals surface area contributed by atoms with Crippen molar-refractivity contribution in [1.29, 1.82) is 0 Å². The summed E-state index contributed by atoms with van der Waals surface area (Å²) in [7, 11) is 1.96. The van der Waals surface area contributed by atoms with Gasteiger partial charge in [0, 0.05) is 19.0 Å². The van der Waals surface area contributed by atoms with Crippen molar-refractivity contribution in [2.45, 2.75) is 38.2 Å². The second kappa shape index (κ2) is 2.19. The molecule has 1 saturated carbocycles. The molecule has 1 aliphatic heterocycles. The van der Waals surface area contributed by atoms with Gasteiger partial charge >= 0.3 is 0 Å². The van der Waals surface area contributed by atoms with E-state index in [1.807, 2.05) is 7.05 Å². The Morgan fingerprint density at radius 1 is 1.50 bits per heavy atom. The van der Waals surface area contributed by atoms with E-state index in [4.69, 9.17) is 0 Å². The van der Waals surface area contributed by atoms with Crippen molar-refractivity contribution in [2.75, 3.05) is 13.6 Å². The van der Waals surface area contributed by atoms with Gasteiger partial charge in [0.2, 0.25) is 0 Å². The summed E-state index contributed by atoms with van der Waals surface area (Å²) in [5.74, 6) is -2.36. The van der Waals surface area contributed by atoms with Crippen molar-refractivity contribution < 1.29 is 8.78 Å². The number of alkyl halides is 2. The maximum absolute atomic E-state index is 12.9. The molecule has 0 amide bonds. The molecular formula is C9H15F2N. The lowest BCUT2D eigenvalue weighted by molar-refractivity contribution is 0.0672. The van der Waals surface area contributed by atoms with Crippen LogP contribution in [0.25, 0.3) is 0 Å². The van der Waals surface area contributed by atoms with Crippen LogP contribution in [0.2, 0.25) is 0 Å². The van der Waals surface area contributed by atoms with Crippen LogP contribution in [0.4, 0.5) is 8.78 Å². The van der Waals surface area contributed by atoms with Crippen molar-refractivity contribution in [1.82, 2.24) is 4.90 Å². The van der Waals surface area contributed by atoms with Crippen LogP contribution in [0.3, 0.4) is 0 Å². The molecular weight excluding hydrogens is 160 g/mol. The molecule has 0 bridgehead atoms. The first-order valence-electron chi connectivity index (χ1n) is 4.59. The first-order valence-corrected chi connectivity index (χ1v) is 4.59. The molecule has 0 aromatic heterocycles. The minimum absolute atomic E-state index is 0.126. The van der Waals surface area contributed by atoms with Crippen molar-refractivity contribution >= 4 is 0 Å². The predicted molar refractivity (Wildman–Crippen MR) is 43.3 cm³/mol. The van der Waals surface area contributed by atoms with Crippen LogP contribution in [0.5, 0.6) is 0 Å². The predicted octanol–water partition coefficient (Wildman–Crippen LogP) is 2.13. The molecule has 0 N–H and O–H groups in total. The van der Waals surface area contributed by atoms with Crippen LogP contribution in [0.1, 0.15) is 26.2 Å². The van der Waals surface area contributed by atoms with Crippen LogP contribution in [0, 0.1) is 5.41 Å². The smallest absolute Gasteiger partial charge is 0.255 e. The molecule has 2 aliphatic rings. The van der Waals surface area contributed by atoms with Gasteiger partial charge in [-0.25, -0.2) is 8.78 Å². The van der Waals surface area contributed by atoms with E-state index in [9.17, 15) is 8.78 Å². The monoisotopic (exact) mass is 175 g/mol. The normalized spacial score (nSPS) is 45.5. The van der Waals surface area contributed by atoms with Crippen molar-refractivity contribution in [2.24, 2.45) is 5.41 Å². The van der Waals surface area contributed by atoms with E-state index in [1.165, 1.54) is 0 Å². The molecule has 12 heavy (non-hydrogen) atoms. The highest BCUT2D eigenvalue weighted by atomic mass is 19.3. The molecule has 1 aliphatic carbocycles. The summed E-state index contributed by atoms with van der Waals surface area (Å²) in [5.41, 5.74) is -0.623. The molecule has 70 valence electrons. The van der Waals surface area contributed by atoms with Crippen LogP contribution >= 0.6 is 0 Å². The van der Waals surface area contributed by atoms with Gasteiger partial charge < -0.3 is 4.90 Å². The number of halogens is 2. The average Bonchev–Trinajstić information content (AvgIpc) is 2.35. The number of hydrogen-bond acceptors (Lipinski definition) is 1. The van der Waals surface area contributed by atoms with E-state index in [-0.39, 0.29) is 6.42 Å². The third kappa shape index (κ3) is 0.920. The van der Waals surface area contributed by atoms with E-state index >= 15 is 0 Å². The van der Waals surface area contributed by atoms with Gasteiger partial charge in [-0.15, -0.1) is 0 Å². The Morgan fingerprint density at radius 3 is 2.33 bits per heavy atom. The van der Waals surface area contributed by atoms with E-state index in [2.05, 4.69) is 11.8 Å². The zero-order chi connectivity index (χ0) is 8.98. The molecule has 2 rings (SSSR count). The molecule has 1 nitrogen and oxygen atoms in total. The average molecular weight is 175 g/mol. The van der Waals surface area contributed by atoms with Gasteiger partial charge in [-0.2, -0.15) is 0 Å². The molecule has 1 spiro atoms. The molecule has 0 aromatic carbocycles. The number of hydrogen-bond donors (Lipinski definition) is 0. The summed E-state index contributed by atoms with van der Waals surface area (Å²) in [6, 6.07) is 0.387. The quantitative estimate of drug-likeness (QED) is 0.590. The van der Waals surface area contributed by atoms with Crippen molar-refractivity contribution in [3.8, 4) is 0 Å². The minimum atomic E-state index is -2.36. The molecule has 0 aromatic rings. The molecule has 3 heteroatoms. The minimum Gasteiger partial charge on any atom is -0.303 e. The van der Waals surface area contributed by atoms with Crippen molar-refractivity contribution in [3.05, 3.63) is 0 Å². The second-order valence-corrected chi connectivity index (χ2v) is 4.34. The van der Waals surface area contributed by atoms with Gasteiger partial charge in [0.1, 0.15) is 0 Å². The summed E-state index contributed by atoms with van der Waals surface area (Å²) in [4.78, 5) is 2.08. The third-order valence-corrected chi connectivity index (χ3v) is 3.48. The van der Waals surface area contributed by atoms with E-state index in [0.717, 1.165) is 6.42 Å². The Kier molecular flexibility index (Phi) is 1.54. The lowest BCUT2D eigenvalue weighted by Crippen LogP contribution is -2.24. The van der Waals surface area contributed by atoms with Gasteiger partial charge in [-0.05, 0) is 19.9 Å². The highest BCUT2D eigenvalue weighted by Crippen LogP contribution is 2.66. The topological polar surface area (TPSA) is 3.24 Å². The summed E-state index contributed by atoms with van der Waals surface area (Å²) >= 11 is 0. The fourth-order valence-corrected chi connectivity index (χ4v) is 2.51. The van der Waals surface area contributed by atoms with Gasteiger partial charge in [0.15, 0.2) is 0 Å². The first kappa shape index (κ1) is 8.42. The number of likely N-dealkylation sites (tertiary alicyclic amines) is 1. The Hall–Kier alpha value is -0.180. The van der Waals surface area contributed by atoms with Gasteiger partial charge in [0.25, 0.3) is 5.92 Å². The lowest BCUT2D eigenvalue weighted by Gasteiger charge is -2.15. The highest BCUT2D eigenvalue weighted by Gasteiger charge is 2.73. The summed E-state index contributed by atoms with van der Waals surface area (Å²) in [6.45, 7) is 2.67. The maximum Gasteiger partial charge on any atom is 0.255 e. The van der Waals surface area contributed by atoms with Gasteiger partial charge in [0.05, 0.1) is 5.41 Å². The first-order chi connectivity index (χ1) is 5.51. The number of rotatable bonds is 1. The zero-order valence-electron chi connectivity index (χ0n) is 7.61. The summed E-state index contributed by atoms with van der Waals surface area (Å²) < 4.78 is 25.9. The lowest BCUT2D eigenvalue weighted by atomic mass is 10.0. The number of nitrogens with zero attached hydrogens (tertiary/aromatic N) is 1. The molecule has 1 heterocycles. The molecule has 2 unspecified atom stereocenters. The fraction of sp³-hybridized carbons (Fsp3) is 1.00. The SMILES string of the molecule is CCC1CC2(CN1C)CC2(F)F. The standard InChI is InChI=1S/C9H15F2N/c1-3-7-4-8(6-12(7)2)5-9(8,10)11/h7H,3-6H2,1-2H3. The van der Waals surface area contributed by atoms with E-state index < -0.39 is 11.3 Å². The molecule has 0 radical (unpaired) electrons. The highest BCUT2D eigenvalue weighted by molar-refractivity contribution is 5.16. The summed E-state index contributed by atoms with van der Waals surface area (Å²) in [5, 5.41) is 0.